The minimum absolute atomic E-state index is 0.184. The molecule has 2 amide bonds. The Bertz CT molecular complexity index is 1250. The lowest BCUT2D eigenvalue weighted by atomic mass is 10.0. The number of carbonyl (C=O) groups excluding carboxylic acids is 2. The van der Waals surface area contributed by atoms with E-state index in [9.17, 15) is 9.59 Å². The lowest BCUT2D eigenvalue weighted by Crippen LogP contribution is -2.37. The van der Waals surface area contributed by atoms with Gasteiger partial charge in [-0.25, -0.2) is 0 Å². The molecule has 0 saturated heterocycles. The van der Waals surface area contributed by atoms with Crippen molar-refractivity contribution in [2.24, 2.45) is 0 Å². The molecule has 0 unspecified atom stereocenters. The normalized spacial score (nSPS) is 13.0. The second kappa shape index (κ2) is 11.0. The quantitative estimate of drug-likeness (QED) is 0.432. The molecule has 36 heavy (non-hydrogen) atoms. The van der Waals surface area contributed by atoms with Crippen LogP contribution in [0.3, 0.4) is 0 Å². The predicted octanol–water partition coefficient (Wildman–Crippen LogP) is 5.40. The molecule has 1 heterocycles. The van der Waals surface area contributed by atoms with Crippen LogP contribution in [0.1, 0.15) is 42.5 Å². The maximum atomic E-state index is 13.4. The van der Waals surface area contributed by atoms with Crippen LogP contribution in [0.4, 0.5) is 5.69 Å². The molecule has 0 spiro atoms. The Morgan fingerprint density at radius 1 is 0.944 bits per heavy atom. The maximum Gasteiger partial charge on any atom is 0.251 e. The van der Waals surface area contributed by atoms with E-state index in [1.54, 1.807) is 56.6 Å². The fraction of sp³-hybridized carbons (Fsp3) is 0.241. The van der Waals surface area contributed by atoms with Crippen molar-refractivity contribution >= 4 is 23.6 Å². The zero-order valence-corrected chi connectivity index (χ0v) is 20.9. The number of nitrogens with zero attached hydrogens (tertiary/aromatic N) is 1. The van der Waals surface area contributed by atoms with Gasteiger partial charge >= 0.3 is 0 Å². The van der Waals surface area contributed by atoms with Gasteiger partial charge in [-0.15, -0.1) is 0 Å². The molecular weight excluding hydrogens is 456 g/mol. The number of hydrogen-bond acceptors (Lipinski definition) is 5. The van der Waals surface area contributed by atoms with Crippen LogP contribution in [0, 0.1) is 0 Å². The van der Waals surface area contributed by atoms with Gasteiger partial charge in [0.25, 0.3) is 5.91 Å². The zero-order chi connectivity index (χ0) is 25.7. The smallest absolute Gasteiger partial charge is 0.251 e. The van der Waals surface area contributed by atoms with Crippen LogP contribution in [0.2, 0.25) is 0 Å². The number of carbonyl (C=O) groups is 2. The van der Waals surface area contributed by atoms with Gasteiger partial charge in [0.2, 0.25) is 12.7 Å². The van der Waals surface area contributed by atoms with Gasteiger partial charge in [0, 0.05) is 18.8 Å². The molecule has 0 fully saturated rings. The van der Waals surface area contributed by atoms with Gasteiger partial charge in [0.15, 0.2) is 11.5 Å². The molecular formula is C29H30N2O5. The molecule has 0 radical (unpaired) electrons. The summed E-state index contributed by atoms with van der Waals surface area (Å²) in [7, 11) is 3.19. The lowest BCUT2D eigenvalue weighted by molar-refractivity contribution is -0.133. The molecule has 0 aromatic heterocycles. The molecule has 186 valence electrons. The van der Waals surface area contributed by atoms with Crippen molar-refractivity contribution in [3.8, 4) is 17.2 Å². The first-order valence-electron chi connectivity index (χ1n) is 11.7. The summed E-state index contributed by atoms with van der Waals surface area (Å²) in [5.41, 5.74) is 3.30. The van der Waals surface area contributed by atoms with Gasteiger partial charge in [0.1, 0.15) is 11.8 Å². The van der Waals surface area contributed by atoms with E-state index >= 15 is 0 Å². The van der Waals surface area contributed by atoms with E-state index in [1.807, 2.05) is 30.3 Å². The highest BCUT2D eigenvalue weighted by molar-refractivity contribution is 6.00. The number of hydrogen-bond donors (Lipinski definition) is 1. The van der Waals surface area contributed by atoms with Crippen molar-refractivity contribution in [3.05, 3.63) is 89.5 Å². The molecule has 1 aliphatic heterocycles. The highest BCUT2D eigenvalue weighted by Gasteiger charge is 2.28. The van der Waals surface area contributed by atoms with Gasteiger partial charge in [-0.3, -0.25) is 9.59 Å². The first-order valence-corrected chi connectivity index (χ1v) is 11.7. The first-order chi connectivity index (χ1) is 17.4. The van der Waals surface area contributed by atoms with E-state index in [0.717, 1.165) is 5.56 Å². The Labute approximate surface area is 211 Å². The molecule has 0 saturated carbocycles. The molecule has 0 aliphatic carbocycles. The molecule has 1 N–H and O–H groups in total. The van der Waals surface area contributed by atoms with Crippen molar-refractivity contribution in [2.45, 2.75) is 25.8 Å². The van der Waals surface area contributed by atoms with Gasteiger partial charge < -0.3 is 24.4 Å². The van der Waals surface area contributed by atoms with E-state index in [1.165, 1.54) is 16.5 Å². The van der Waals surface area contributed by atoms with Crippen LogP contribution < -0.4 is 19.5 Å². The first kappa shape index (κ1) is 24.9. The molecule has 4 rings (SSSR count). The number of fused-ring (bicyclic) bond motifs is 1. The highest BCUT2D eigenvalue weighted by atomic mass is 16.7. The predicted molar refractivity (Wildman–Crippen MR) is 139 cm³/mol. The molecule has 3 aromatic rings. The van der Waals surface area contributed by atoms with Crippen molar-refractivity contribution < 1.29 is 23.8 Å². The summed E-state index contributed by atoms with van der Waals surface area (Å²) in [6.45, 7) is 4.42. The number of benzene rings is 3. The fourth-order valence-electron chi connectivity index (χ4n) is 3.93. The summed E-state index contributed by atoms with van der Waals surface area (Å²) in [5.74, 6) is 1.73. The molecule has 0 bridgehead atoms. The zero-order valence-electron chi connectivity index (χ0n) is 20.9. The van der Waals surface area contributed by atoms with Crippen LogP contribution in [0.25, 0.3) is 6.08 Å². The number of likely N-dealkylation sites (N-methyl/N-ethyl adjacent to an activating group) is 1. The maximum absolute atomic E-state index is 13.4. The minimum atomic E-state index is -0.852. The van der Waals surface area contributed by atoms with Crippen LogP contribution in [0.15, 0.2) is 72.8 Å². The standard InChI is InChI=1S/C29H30N2O5/c1-19(2)21-7-11-23(12-8-21)30-29(33)28(22-9-13-24(34-4)14-10-22)31(3)27(32)16-6-20-5-15-25-26(17-20)36-18-35-25/h5-17,19,28H,18H2,1-4H3,(H,30,33)/b16-6+/t28-/m0/s1. The number of ether oxygens (including phenoxy) is 3. The molecule has 7 nitrogen and oxygen atoms in total. The third kappa shape index (κ3) is 5.68. The largest absolute Gasteiger partial charge is 0.497 e. The number of anilines is 1. The van der Waals surface area contributed by atoms with Crippen LogP contribution in [-0.4, -0.2) is 37.7 Å². The van der Waals surface area contributed by atoms with E-state index in [2.05, 4.69) is 19.2 Å². The van der Waals surface area contributed by atoms with Gasteiger partial charge in [0.05, 0.1) is 7.11 Å². The highest BCUT2D eigenvalue weighted by Crippen LogP contribution is 2.33. The van der Waals surface area contributed by atoms with E-state index in [4.69, 9.17) is 14.2 Å². The van der Waals surface area contributed by atoms with Gasteiger partial charge in [-0.2, -0.15) is 0 Å². The lowest BCUT2D eigenvalue weighted by Gasteiger charge is -2.27. The molecule has 1 atom stereocenters. The average molecular weight is 487 g/mol. The third-order valence-corrected chi connectivity index (χ3v) is 6.07. The van der Waals surface area contributed by atoms with Gasteiger partial charge in [-0.1, -0.05) is 44.2 Å². The molecule has 3 aromatic carbocycles. The Morgan fingerprint density at radius 2 is 1.61 bits per heavy atom. The summed E-state index contributed by atoms with van der Waals surface area (Å²) in [6, 6.07) is 19.4. The Morgan fingerprint density at radius 3 is 2.28 bits per heavy atom. The van der Waals surface area contributed by atoms with Crippen molar-refractivity contribution in [2.75, 3.05) is 26.3 Å². The van der Waals surface area contributed by atoms with Crippen molar-refractivity contribution in [1.82, 2.24) is 4.90 Å². The summed E-state index contributed by atoms with van der Waals surface area (Å²) >= 11 is 0. The topological polar surface area (TPSA) is 77.1 Å². The van der Waals surface area contributed by atoms with Crippen molar-refractivity contribution in [3.63, 3.8) is 0 Å². The molecule has 7 heteroatoms. The second-order valence-corrected chi connectivity index (χ2v) is 8.84. The fourth-order valence-corrected chi connectivity index (χ4v) is 3.93. The Hall–Kier alpha value is -4.26. The number of methoxy groups -OCH3 is 1. The third-order valence-electron chi connectivity index (χ3n) is 6.07. The molecule has 1 aliphatic rings. The average Bonchev–Trinajstić information content (AvgIpc) is 3.36. The monoisotopic (exact) mass is 486 g/mol. The van der Waals surface area contributed by atoms with E-state index < -0.39 is 6.04 Å². The minimum Gasteiger partial charge on any atom is -0.497 e. The summed E-state index contributed by atoms with van der Waals surface area (Å²) in [5, 5.41) is 2.95. The number of amides is 2. The van der Waals surface area contributed by atoms with Gasteiger partial charge in [-0.05, 0) is 65.1 Å². The van der Waals surface area contributed by atoms with E-state index in [0.29, 0.717) is 34.4 Å². The summed E-state index contributed by atoms with van der Waals surface area (Å²) in [4.78, 5) is 28.0. The SMILES string of the molecule is COc1ccc([C@@H](C(=O)Nc2ccc(C(C)C)cc2)N(C)C(=O)/C=C/c2ccc3c(c2)OCO3)cc1. The van der Waals surface area contributed by atoms with Crippen LogP contribution in [0.5, 0.6) is 17.2 Å². The number of rotatable bonds is 8. The van der Waals surface area contributed by atoms with Crippen LogP contribution >= 0.6 is 0 Å². The van der Waals surface area contributed by atoms with Crippen molar-refractivity contribution in [1.29, 1.82) is 0 Å². The second-order valence-electron chi connectivity index (χ2n) is 8.84. The van der Waals surface area contributed by atoms with E-state index in [-0.39, 0.29) is 18.6 Å². The summed E-state index contributed by atoms with van der Waals surface area (Å²) in [6.07, 6.45) is 3.13. The Balaban J connectivity index is 1.55. The van der Waals surface area contributed by atoms with Crippen LogP contribution in [-0.2, 0) is 9.59 Å². The number of nitrogens with one attached hydrogen (secondary N) is 1. The summed E-state index contributed by atoms with van der Waals surface area (Å²) < 4.78 is 16.0. The Kier molecular flexibility index (Phi) is 7.59.